The third-order valence-electron chi connectivity index (χ3n) is 5.75. The Morgan fingerprint density at radius 1 is 1.00 bits per heavy atom. The number of carbonyl (C=O) groups is 2. The van der Waals surface area contributed by atoms with Crippen LogP contribution >= 0.6 is 0 Å². The molecule has 1 saturated heterocycles. The van der Waals surface area contributed by atoms with Gasteiger partial charge in [0.2, 0.25) is 11.9 Å². The first-order chi connectivity index (χ1) is 17.0. The molecule has 0 bridgehead atoms. The number of anilines is 4. The Hall–Kier alpha value is -4.16. The summed E-state index contributed by atoms with van der Waals surface area (Å²) in [4.78, 5) is 35.7. The largest absolute Gasteiger partial charge is 0.471 e. The lowest BCUT2D eigenvalue weighted by molar-refractivity contribution is -0.167. The SMILES string of the molecule is CC(=O)N1[C@H](C)CN(c2cc(-n3cnc(Nc4ccc(NC(=O)C(F)(F)F)cc4)n3)ccn2)C[C@@H]1C. The van der Waals surface area contributed by atoms with E-state index in [4.69, 9.17) is 0 Å². The van der Waals surface area contributed by atoms with Gasteiger partial charge in [-0.25, -0.2) is 9.67 Å². The second-order valence-electron chi connectivity index (χ2n) is 8.57. The molecule has 2 atom stereocenters. The summed E-state index contributed by atoms with van der Waals surface area (Å²) in [7, 11) is 0. The predicted molar refractivity (Wildman–Crippen MR) is 127 cm³/mol. The highest BCUT2D eigenvalue weighted by molar-refractivity contribution is 5.95. The van der Waals surface area contributed by atoms with Crippen LogP contribution in [0, 0.1) is 0 Å². The second kappa shape index (κ2) is 9.84. The molecule has 3 heterocycles. The van der Waals surface area contributed by atoms with Crippen LogP contribution in [0.2, 0.25) is 0 Å². The lowest BCUT2D eigenvalue weighted by Crippen LogP contribution is -2.58. The van der Waals surface area contributed by atoms with E-state index in [1.165, 1.54) is 30.6 Å². The number of aromatic nitrogens is 4. The monoisotopic (exact) mass is 502 g/mol. The maximum atomic E-state index is 12.4. The van der Waals surface area contributed by atoms with Crippen molar-refractivity contribution in [3.8, 4) is 5.69 Å². The summed E-state index contributed by atoms with van der Waals surface area (Å²) in [6.45, 7) is 6.92. The molecular weight excluding hydrogens is 477 g/mol. The summed E-state index contributed by atoms with van der Waals surface area (Å²) in [6.07, 6.45) is -1.75. The quantitative estimate of drug-likeness (QED) is 0.551. The maximum absolute atomic E-state index is 12.4. The molecule has 2 N–H and O–H groups in total. The third-order valence-corrected chi connectivity index (χ3v) is 5.75. The van der Waals surface area contributed by atoms with Crippen LogP contribution in [0.1, 0.15) is 20.8 Å². The molecule has 0 aliphatic carbocycles. The van der Waals surface area contributed by atoms with Crippen LogP contribution in [0.4, 0.5) is 36.3 Å². The number of amides is 2. The smallest absolute Gasteiger partial charge is 0.352 e. The van der Waals surface area contributed by atoms with Gasteiger partial charge in [-0.1, -0.05) is 0 Å². The number of hydrogen-bond donors (Lipinski definition) is 2. The minimum atomic E-state index is -4.96. The Labute approximate surface area is 205 Å². The van der Waals surface area contributed by atoms with E-state index >= 15 is 0 Å². The molecule has 0 saturated carbocycles. The highest BCUT2D eigenvalue weighted by Crippen LogP contribution is 2.24. The van der Waals surface area contributed by atoms with Crippen molar-refractivity contribution in [1.82, 2.24) is 24.6 Å². The molecule has 3 aromatic rings. The summed E-state index contributed by atoms with van der Waals surface area (Å²) in [5, 5.41) is 9.16. The molecule has 1 fully saturated rings. The number of nitrogens with zero attached hydrogens (tertiary/aromatic N) is 6. The number of halogens is 3. The molecular formula is C23H25F3N8O2. The first-order valence-corrected chi connectivity index (χ1v) is 11.2. The van der Waals surface area contributed by atoms with E-state index in [1.54, 1.807) is 29.2 Å². The van der Waals surface area contributed by atoms with E-state index in [0.717, 1.165) is 11.5 Å². The predicted octanol–water partition coefficient (Wildman–Crippen LogP) is 3.35. The summed E-state index contributed by atoms with van der Waals surface area (Å²) in [6, 6.07) is 9.45. The van der Waals surface area contributed by atoms with E-state index in [9.17, 15) is 22.8 Å². The van der Waals surface area contributed by atoms with E-state index in [0.29, 0.717) is 18.8 Å². The molecule has 2 amide bonds. The summed E-state index contributed by atoms with van der Waals surface area (Å²) >= 11 is 0. The standard InChI is InChI=1S/C23H25F3N8O2/c1-14-11-32(12-15(2)34(14)16(3)35)20-10-19(8-9-27-20)33-13-28-22(31-33)30-18-6-4-17(5-7-18)29-21(36)23(24,25)26/h4-10,13-15H,11-12H2,1-3H3,(H,29,36)(H,30,31)/t14-,15+. The first kappa shape index (κ1) is 24.9. The van der Waals surface area contributed by atoms with E-state index < -0.39 is 12.1 Å². The van der Waals surface area contributed by atoms with Gasteiger partial charge in [-0.05, 0) is 44.2 Å². The molecule has 1 aliphatic rings. The van der Waals surface area contributed by atoms with Gasteiger partial charge >= 0.3 is 12.1 Å². The van der Waals surface area contributed by atoms with Crippen LogP contribution in [-0.4, -0.2) is 67.8 Å². The van der Waals surface area contributed by atoms with Gasteiger partial charge in [-0.3, -0.25) is 9.59 Å². The lowest BCUT2D eigenvalue weighted by Gasteiger charge is -2.44. The maximum Gasteiger partial charge on any atom is 0.471 e. The fourth-order valence-electron chi connectivity index (χ4n) is 4.27. The van der Waals surface area contributed by atoms with Gasteiger partial charge < -0.3 is 20.4 Å². The van der Waals surface area contributed by atoms with Crippen molar-refractivity contribution in [3.05, 3.63) is 48.9 Å². The van der Waals surface area contributed by atoms with Crippen molar-refractivity contribution in [3.63, 3.8) is 0 Å². The van der Waals surface area contributed by atoms with Crippen LogP contribution in [0.25, 0.3) is 5.69 Å². The number of rotatable bonds is 5. The molecule has 0 spiro atoms. The van der Waals surface area contributed by atoms with Crippen molar-refractivity contribution in [2.24, 2.45) is 0 Å². The molecule has 190 valence electrons. The van der Waals surface area contributed by atoms with Gasteiger partial charge in [-0.15, -0.1) is 5.10 Å². The Kier molecular flexibility index (Phi) is 6.82. The van der Waals surface area contributed by atoms with Crippen LogP contribution in [0.5, 0.6) is 0 Å². The fraction of sp³-hybridized carbons (Fsp3) is 0.348. The number of hydrogen-bond acceptors (Lipinski definition) is 7. The van der Waals surface area contributed by atoms with Gasteiger partial charge in [0.05, 0.1) is 5.69 Å². The minimum Gasteiger partial charge on any atom is -0.352 e. The number of pyridine rings is 1. The van der Waals surface area contributed by atoms with Gasteiger partial charge in [0.25, 0.3) is 0 Å². The zero-order valence-corrected chi connectivity index (χ0v) is 19.8. The van der Waals surface area contributed by atoms with Crippen LogP contribution in [-0.2, 0) is 9.59 Å². The van der Waals surface area contributed by atoms with Crippen molar-refractivity contribution in [2.75, 3.05) is 28.6 Å². The van der Waals surface area contributed by atoms with Gasteiger partial charge in [-0.2, -0.15) is 18.2 Å². The summed E-state index contributed by atoms with van der Waals surface area (Å²) < 4.78 is 38.7. The first-order valence-electron chi connectivity index (χ1n) is 11.2. The van der Waals surface area contributed by atoms with Crippen LogP contribution in [0.3, 0.4) is 0 Å². The van der Waals surface area contributed by atoms with Crippen molar-refractivity contribution in [1.29, 1.82) is 0 Å². The summed E-state index contributed by atoms with van der Waals surface area (Å²) in [5.41, 5.74) is 1.28. The van der Waals surface area contributed by atoms with Crippen molar-refractivity contribution >= 4 is 35.0 Å². The Bertz CT molecular complexity index is 1230. The van der Waals surface area contributed by atoms with Crippen LogP contribution < -0.4 is 15.5 Å². The van der Waals surface area contributed by atoms with E-state index in [1.807, 2.05) is 24.8 Å². The molecule has 4 rings (SSSR count). The van der Waals surface area contributed by atoms with Gasteiger partial charge in [0.1, 0.15) is 12.1 Å². The number of nitrogens with one attached hydrogen (secondary N) is 2. The highest BCUT2D eigenvalue weighted by Gasteiger charge is 2.38. The Morgan fingerprint density at radius 2 is 1.64 bits per heavy atom. The molecule has 1 aliphatic heterocycles. The van der Waals surface area contributed by atoms with E-state index in [2.05, 4.69) is 25.3 Å². The second-order valence-corrected chi connectivity index (χ2v) is 8.57. The zero-order valence-electron chi connectivity index (χ0n) is 19.8. The van der Waals surface area contributed by atoms with Crippen molar-refractivity contribution in [2.45, 2.75) is 39.0 Å². The van der Waals surface area contributed by atoms with Gasteiger partial charge in [0.15, 0.2) is 0 Å². The summed E-state index contributed by atoms with van der Waals surface area (Å²) in [5.74, 6) is -0.946. The van der Waals surface area contributed by atoms with Crippen LogP contribution in [0.15, 0.2) is 48.9 Å². The normalized spacial score (nSPS) is 18.2. The zero-order chi connectivity index (χ0) is 26.0. The van der Waals surface area contributed by atoms with E-state index in [-0.39, 0.29) is 29.6 Å². The average Bonchev–Trinajstić information content (AvgIpc) is 3.27. The molecule has 36 heavy (non-hydrogen) atoms. The highest BCUT2D eigenvalue weighted by atomic mass is 19.4. The van der Waals surface area contributed by atoms with Crippen molar-refractivity contribution < 1.29 is 22.8 Å². The number of benzene rings is 1. The topological polar surface area (TPSA) is 108 Å². The molecule has 1 aromatic carbocycles. The number of piperazine rings is 1. The molecule has 10 nitrogen and oxygen atoms in total. The Balaban J connectivity index is 1.43. The Morgan fingerprint density at radius 3 is 2.25 bits per heavy atom. The number of alkyl halides is 3. The van der Waals surface area contributed by atoms with Gasteiger partial charge in [0, 0.05) is 55.7 Å². The molecule has 2 aromatic heterocycles. The fourth-order valence-corrected chi connectivity index (χ4v) is 4.27. The molecule has 13 heteroatoms. The molecule has 0 unspecified atom stereocenters. The average molecular weight is 503 g/mol. The lowest BCUT2D eigenvalue weighted by atomic mass is 10.1. The molecule has 0 radical (unpaired) electrons. The minimum absolute atomic E-state index is 0.0125. The third kappa shape index (κ3) is 5.56. The number of carbonyl (C=O) groups excluding carboxylic acids is 2.